The van der Waals surface area contributed by atoms with E-state index in [9.17, 15) is 14.9 Å². The number of anilines is 1. The predicted molar refractivity (Wildman–Crippen MR) is 105 cm³/mol. The molecule has 0 aliphatic rings. The van der Waals surface area contributed by atoms with E-state index in [4.69, 9.17) is 0 Å². The number of nitro benzene ring substituents is 1. The zero-order valence-corrected chi connectivity index (χ0v) is 15.5. The Hall–Kier alpha value is -3.66. The maximum Gasteiger partial charge on any atom is 0.270 e. The van der Waals surface area contributed by atoms with Crippen LogP contribution in [0, 0.1) is 10.1 Å². The standard InChI is InChI=1S/C18H14N6O3S/c1-2-15-20-21-18-23(15)22-17(28-18)12-6-3-7-13(9-12)19-16(25)11-5-4-8-14(10-11)24(26)27/h3-10H,2H2,1H3,(H,19,25). The quantitative estimate of drug-likeness (QED) is 0.409. The van der Waals surface area contributed by atoms with Gasteiger partial charge in [-0.25, -0.2) is 0 Å². The number of nitrogens with one attached hydrogen (secondary N) is 1. The lowest BCUT2D eigenvalue weighted by molar-refractivity contribution is -0.384. The minimum atomic E-state index is -0.532. The second kappa shape index (κ2) is 7.16. The number of hydrogen-bond donors (Lipinski definition) is 1. The van der Waals surface area contributed by atoms with Gasteiger partial charge < -0.3 is 5.32 Å². The van der Waals surface area contributed by atoms with Crippen LogP contribution in [0.5, 0.6) is 0 Å². The van der Waals surface area contributed by atoms with Crippen molar-refractivity contribution in [1.29, 1.82) is 0 Å². The first kappa shape index (κ1) is 17.7. The van der Waals surface area contributed by atoms with Crippen LogP contribution in [-0.2, 0) is 6.42 Å². The molecule has 1 amide bonds. The molecule has 0 atom stereocenters. The van der Waals surface area contributed by atoms with E-state index >= 15 is 0 Å². The van der Waals surface area contributed by atoms with Gasteiger partial charge in [-0.3, -0.25) is 14.9 Å². The molecule has 0 unspecified atom stereocenters. The van der Waals surface area contributed by atoms with Gasteiger partial charge in [0.1, 0.15) is 5.01 Å². The van der Waals surface area contributed by atoms with Crippen molar-refractivity contribution in [3.05, 3.63) is 70.0 Å². The van der Waals surface area contributed by atoms with Crippen molar-refractivity contribution in [3.63, 3.8) is 0 Å². The van der Waals surface area contributed by atoms with Crippen LogP contribution in [0.4, 0.5) is 11.4 Å². The molecule has 2 heterocycles. The van der Waals surface area contributed by atoms with Crippen molar-refractivity contribution >= 4 is 33.6 Å². The van der Waals surface area contributed by atoms with E-state index in [0.29, 0.717) is 10.6 Å². The fourth-order valence-corrected chi connectivity index (χ4v) is 3.54. The summed E-state index contributed by atoms with van der Waals surface area (Å²) in [7, 11) is 0. The summed E-state index contributed by atoms with van der Waals surface area (Å²) in [6.45, 7) is 1.99. The molecule has 0 fully saturated rings. The first-order chi connectivity index (χ1) is 13.5. The zero-order chi connectivity index (χ0) is 19.7. The number of amides is 1. The number of rotatable bonds is 5. The number of fused-ring (bicyclic) bond motifs is 1. The highest BCUT2D eigenvalue weighted by Gasteiger charge is 2.14. The third-order valence-electron chi connectivity index (χ3n) is 4.06. The highest BCUT2D eigenvalue weighted by Crippen LogP contribution is 2.27. The summed E-state index contributed by atoms with van der Waals surface area (Å²) in [5.74, 6) is 0.361. The van der Waals surface area contributed by atoms with Gasteiger partial charge >= 0.3 is 0 Å². The molecule has 0 bridgehead atoms. The summed E-state index contributed by atoms with van der Waals surface area (Å²) in [6, 6.07) is 12.8. The van der Waals surface area contributed by atoms with E-state index < -0.39 is 10.8 Å². The number of carbonyl (C=O) groups excluding carboxylic acids is 1. The van der Waals surface area contributed by atoms with Crippen LogP contribution >= 0.6 is 11.3 Å². The summed E-state index contributed by atoms with van der Waals surface area (Å²) in [5.41, 5.74) is 1.48. The molecule has 0 radical (unpaired) electrons. The number of carbonyl (C=O) groups is 1. The van der Waals surface area contributed by atoms with E-state index in [1.807, 2.05) is 19.1 Å². The van der Waals surface area contributed by atoms with Gasteiger partial charge in [0.2, 0.25) is 4.96 Å². The molecule has 1 N–H and O–H groups in total. The molecular formula is C18H14N6O3S. The number of nitrogens with zero attached hydrogens (tertiary/aromatic N) is 5. The summed E-state index contributed by atoms with van der Waals surface area (Å²) in [5, 5.41) is 27.1. The van der Waals surface area contributed by atoms with Gasteiger partial charge in [-0.2, -0.15) is 9.61 Å². The number of aromatic nitrogens is 4. The van der Waals surface area contributed by atoms with Gasteiger partial charge in [0.25, 0.3) is 11.6 Å². The molecule has 2 aromatic carbocycles. The average Bonchev–Trinajstić information content (AvgIpc) is 3.29. The first-order valence-corrected chi connectivity index (χ1v) is 9.24. The lowest BCUT2D eigenvalue weighted by atomic mass is 10.1. The predicted octanol–water partition coefficient (Wildman–Crippen LogP) is 3.58. The number of non-ortho nitro benzene ring substituents is 1. The topological polar surface area (TPSA) is 115 Å². The molecule has 2 aromatic heterocycles. The zero-order valence-electron chi connectivity index (χ0n) is 14.7. The lowest BCUT2D eigenvalue weighted by Crippen LogP contribution is -2.12. The van der Waals surface area contributed by atoms with Gasteiger partial charge in [0.05, 0.1) is 4.92 Å². The Morgan fingerprint density at radius 3 is 2.82 bits per heavy atom. The molecule has 0 spiro atoms. The highest BCUT2D eigenvalue weighted by molar-refractivity contribution is 7.19. The van der Waals surface area contributed by atoms with Crippen LogP contribution < -0.4 is 5.32 Å². The minimum Gasteiger partial charge on any atom is -0.322 e. The minimum absolute atomic E-state index is 0.132. The van der Waals surface area contributed by atoms with E-state index in [1.165, 1.54) is 35.6 Å². The molecule has 4 aromatic rings. The maximum atomic E-state index is 12.5. The van der Waals surface area contributed by atoms with E-state index in [1.54, 1.807) is 16.6 Å². The van der Waals surface area contributed by atoms with Crippen LogP contribution in [0.25, 0.3) is 15.5 Å². The summed E-state index contributed by atoms with van der Waals surface area (Å²) >= 11 is 1.41. The largest absolute Gasteiger partial charge is 0.322 e. The van der Waals surface area contributed by atoms with Crippen molar-refractivity contribution in [3.8, 4) is 10.6 Å². The molecule has 0 aliphatic heterocycles. The summed E-state index contributed by atoms with van der Waals surface area (Å²) in [6.07, 6.45) is 0.726. The third-order valence-corrected chi connectivity index (χ3v) is 5.01. The summed E-state index contributed by atoms with van der Waals surface area (Å²) in [4.78, 5) is 23.5. The first-order valence-electron chi connectivity index (χ1n) is 8.42. The Bertz CT molecular complexity index is 1200. The number of aryl methyl sites for hydroxylation is 1. The Balaban J connectivity index is 1.59. The van der Waals surface area contributed by atoms with Crippen molar-refractivity contribution < 1.29 is 9.72 Å². The number of hydrogen-bond acceptors (Lipinski definition) is 7. The number of nitro groups is 1. The molecule has 4 rings (SSSR count). The van der Waals surface area contributed by atoms with Gasteiger partial charge in [0.15, 0.2) is 5.82 Å². The van der Waals surface area contributed by atoms with Gasteiger partial charge in [-0.15, -0.1) is 10.2 Å². The maximum absolute atomic E-state index is 12.5. The second-order valence-electron chi connectivity index (χ2n) is 5.91. The Morgan fingerprint density at radius 2 is 2.04 bits per heavy atom. The van der Waals surface area contributed by atoms with Crippen molar-refractivity contribution in [2.24, 2.45) is 0 Å². The van der Waals surface area contributed by atoms with E-state index in [0.717, 1.165) is 22.8 Å². The molecule has 140 valence electrons. The van der Waals surface area contributed by atoms with Gasteiger partial charge in [-0.1, -0.05) is 36.5 Å². The van der Waals surface area contributed by atoms with Crippen LogP contribution in [0.15, 0.2) is 48.5 Å². The van der Waals surface area contributed by atoms with Crippen LogP contribution in [-0.4, -0.2) is 30.6 Å². The normalized spacial score (nSPS) is 10.9. The third kappa shape index (κ3) is 3.32. The fourth-order valence-electron chi connectivity index (χ4n) is 2.69. The lowest BCUT2D eigenvalue weighted by Gasteiger charge is -2.06. The van der Waals surface area contributed by atoms with Gasteiger partial charge in [-0.05, 0) is 18.2 Å². The molecular weight excluding hydrogens is 380 g/mol. The molecule has 0 saturated heterocycles. The van der Waals surface area contributed by atoms with E-state index in [2.05, 4.69) is 20.6 Å². The van der Waals surface area contributed by atoms with Crippen molar-refractivity contribution in [1.82, 2.24) is 19.8 Å². The molecule has 10 heteroatoms. The monoisotopic (exact) mass is 394 g/mol. The SMILES string of the molecule is CCc1nnc2sc(-c3cccc(NC(=O)c4cccc([N+](=O)[O-])c4)c3)nn12. The van der Waals surface area contributed by atoms with Crippen LogP contribution in [0.1, 0.15) is 23.1 Å². The summed E-state index contributed by atoms with van der Waals surface area (Å²) < 4.78 is 1.72. The average molecular weight is 394 g/mol. The number of benzene rings is 2. The van der Waals surface area contributed by atoms with Gasteiger partial charge in [0, 0.05) is 35.4 Å². The molecule has 0 aliphatic carbocycles. The van der Waals surface area contributed by atoms with Crippen LogP contribution in [0.3, 0.4) is 0 Å². The fraction of sp³-hybridized carbons (Fsp3) is 0.111. The van der Waals surface area contributed by atoms with Crippen molar-refractivity contribution in [2.45, 2.75) is 13.3 Å². The molecule has 0 saturated carbocycles. The highest BCUT2D eigenvalue weighted by atomic mass is 32.1. The van der Waals surface area contributed by atoms with E-state index in [-0.39, 0.29) is 11.3 Å². The smallest absolute Gasteiger partial charge is 0.270 e. The van der Waals surface area contributed by atoms with Crippen LogP contribution in [0.2, 0.25) is 0 Å². The van der Waals surface area contributed by atoms with Crippen molar-refractivity contribution in [2.75, 3.05) is 5.32 Å². The molecule has 9 nitrogen and oxygen atoms in total. The second-order valence-corrected chi connectivity index (χ2v) is 6.87. The Morgan fingerprint density at radius 1 is 1.21 bits per heavy atom. The molecule has 28 heavy (non-hydrogen) atoms. The Labute approximate surface area is 162 Å². The Kier molecular flexibility index (Phi) is 4.53.